The third-order valence-corrected chi connectivity index (χ3v) is 4.16. The van der Waals surface area contributed by atoms with Crippen LogP contribution in [0.3, 0.4) is 0 Å². The van der Waals surface area contributed by atoms with Crippen molar-refractivity contribution in [2.24, 2.45) is 5.92 Å². The molecule has 1 N–H and O–H groups in total. The number of piperazine rings is 1. The Morgan fingerprint density at radius 2 is 2.05 bits per heavy atom. The second kappa shape index (κ2) is 7.20. The van der Waals surface area contributed by atoms with Crippen molar-refractivity contribution < 1.29 is 4.92 Å². The Balaban J connectivity index is 2.31. The highest BCUT2D eigenvalue weighted by Crippen LogP contribution is 2.33. The Morgan fingerprint density at radius 1 is 1.38 bits per heavy atom. The van der Waals surface area contributed by atoms with Crippen LogP contribution in [-0.4, -0.2) is 36.0 Å². The average molecular weight is 312 g/mol. The van der Waals surface area contributed by atoms with E-state index in [-0.39, 0.29) is 16.8 Å². The molecule has 1 fully saturated rings. The molecule has 0 unspecified atom stereocenters. The SMILES string of the molecule is CC(C)C[C@@H](c1ccc(Cl)c([N+](=O)[O-])c1)N1CCNCC1. The van der Waals surface area contributed by atoms with Crippen molar-refractivity contribution >= 4 is 17.3 Å². The minimum absolute atomic E-state index is 0.00180. The molecular formula is C15H22ClN3O2. The Bertz CT molecular complexity index is 502. The van der Waals surface area contributed by atoms with Gasteiger partial charge in [0.15, 0.2) is 0 Å². The summed E-state index contributed by atoms with van der Waals surface area (Å²) < 4.78 is 0. The Kier molecular flexibility index (Phi) is 5.56. The van der Waals surface area contributed by atoms with Crippen LogP contribution in [0, 0.1) is 16.0 Å². The van der Waals surface area contributed by atoms with Gasteiger partial charge in [0.1, 0.15) is 5.02 Å². The second-order valence-corrected chi connectivity index (χ2v) is 6.31. The highest BCUT2D eigenvalue weighted by Gasteiger charge is 2.25. The Labute approximate surface area is 130 Å². The highest BCUT2D eigenvalue weighted by atomic mass is 35.5. The molecule has 1 aliphatic heterocycles. The maximum atomic E-state index is 11.1. The van der Waals surface area contributed by atoms with Crippen LogP contribution in [0.1, 0.15) is 31.9 Å². The largest absolute Gasteiger partial charge is 0.314 e. The quantitative estimate of drug-likeness (QED) is 0.670. The molecule has 1 saturated heterocycles. The average Bonchev–Trinajstić information content (AvgIpc) is 2.46. The molecule has 0 radical (unpaired) electrons. The van der Waals surface area contributed by atoms with E-state index in [2.05, 4.69) is 24.1 Å². The highest BCUT2D eigenvalue weighted by molar-refractivity contribution is 6.32. The summed E-state index contributed by atoms with van der Waals surface area (Å²) in [5.41, 5.74) is 0.986. The molecule has 1 heterocycles. The van der Waals surface area contributed by atoms with Crippen molar-refractivity contribution in [3.63, 3.8) is 0 Å². The lowest BCUT2D eigenvalue weighted by Gasteiger charge is -2.36. The predicted molar refractivity (Wildman–Crippen MR) is 84.7 cm³/mol. The zero-order valence-electron chi connectivity index (χ0n) is 12.5. The van der Waals surface area contributed by atoms with Gasteiger partial charge in [0.2, 0.25) is 0 Å². The van der Waals surface area contributed by atoms with Crippen molar-refractivity contribution in [3.8, 4) is 0 Å². The first-order chi connectivity index (χ1) is 9.99. The summed E-state index contributed by atoms with van der Waals surface area (Å²) in [6, 6.07) is 5.41. The third-order valence-electron chi connectivity index (χ3n) is 3.84. The van der Waals surface area contributed by atoms with E-state index in [4.69, 9.17) is 11.6 Å². The van der Waals surface area contributed by atoms with E-state index in [1.807, 2.05) is 6.07 Å². The minimum Gasteiger partial charge on any atom is -0.314 e. The summed E-state index contributed by atoms with van der Waals surface area (Å²) in [6.45, 7) is 8.22. The van der Waals surface area contributed by atoms with Crippen LogP contribution in [0.2, 0.25) is 5.02 Å². The van der Waals surface area contributed by atoms with Gasteiger partial charge in [0, 0.05) is 38.3 Å². The van der Waals surface area contributed by atoms with Gasteiger partial charge in [0.05, 0.1) is 4.92 Å². The maximum Gasteiger partial charge on any atom is 0.288 e. The fraction of sp³-hybridized carbons (Fsp3) is 0.600. The van der Waals surface area contributed by atoms with Gasteiger partial charge >= 0.3 is 0 Å². The molecule has 1 atom stereocenters. The van der Waals surface area contributed by atoms with E-state index < -0.39 is 4.92 Å². The van der Waals surface area contributed by atoms with Crippen LogP contribution in [-0.2, 0) is 0 Å². The number of benzene rings is 1. The standard InChI is InChI=1S/C15H22ClN3O2/c1-11(2)9-14(18-7-5-17-6-8-18)12-3-4-13(16)15(10-12)19(20)21/h3-4,10-11,14,17H,5-9H2,1-2H3/t14-/m0/s1. The van der Waals surface area contributed by atoms with E-state index in [1.165, 1.54) is 0 Å². The maximum absolute atomic E-state index is 11.1. The van der Waals surface area contributed by atoms with Crippen LogP contribution in [0.15, 0.2) is 18.2 Å². The van der Waals surface area contributed by atoms with Crippen molar-refractivity contribution in [1.82, 2.24) is 10.2 Å². The van der Waals surface area contributed by atoms with E-state index in [1.54, 1.807) is 12.1 Å². The molecule has 1 aliphatic rings. The predicted octanol–water partition coefficient (Wildman–Crippen LogP) is 3.24. The summed E-state index contributed by atoms with van der Waals surface area (Å²) >= 11 is 5.92. The topological polar surface area (TPSA) is 58.4 Å². The van der Waals surface area contributed by atoms with Crippen LogP contribution in [0.25, 0.3) is 0 Å². The molecule has 0 aliphatic carbocycles. The van der Waals surface area contributed by atoms with Crippen LogP contribution >= 0.6 is 11.6 Å². The van der Waals surface area contributed by atoms with Crippen LogP contribution < -0.4 is 5.32 Å². The first-order valence-corrected chi connectivity index (χ1v) is 7.75. The molecule has 0 bridgehead atoms. The zero-order valence-corrected chi connectivity index (χ0v) is 13.3. The minimum atomic E-state index is -0.407. The third kappa shape index (κ3) is 4.15. The van der Waals surface area contributed by atoms with Crippen molar-refractivity contribution in [3.05, 3.63) is 38.9 Å². The van der Waals surface area contributed by atoms with Gasteiger partial charge in [0.25, 0.3) is 5.69 Å². The smallest absolute Gasteiger partial charge is 0.288 e. The number of nitrogens with zero attached hydrogens (tertiary/aromatic N) is 2. The van der Waals surface area contributed by atoms with Gasteiger partial charge in [-0.2, -0.15) is 0 Å². The second-order valence-electron chi connectivity index (χ2n) is 5.90. The first kappa shape index (κ1) is 16.2. The summed E-state index contributed by atoms with van der Waals surface area (Å²) in [5, 5.41) is 14.6. The molecule has 0 spiro atoms. The number of hydrogen-bond donors (Lipinski definition) is 1. The molecule has 21 heavy (non-hydrogen) atoms. The number of hydrogen-bond acceptors (Lipinski definition) is 4. The van der Waals surface area contributed by atoms with Gasteiger partial charge in [-0.25, -0.2) is 0 Å². The number of nitro benzene ring substituents is 1. The molecule has 2 rings (SSSR count). The lowest BCUT2D eigenvalue weighted by atomic mass is 9.94. The fourth-order valence-corrected chi connectivity index (χ4v) is 3.00. The van der Waals surface area contributed by atoms with Crippen LogP contribution in [0.4, 0.5) is 5.69 Å². The fourth-order valence-electron chi connectivity index (χ4n) is 2.81. The number of rotatable bonds is 5. The molecule has 5 nitrogen and oxygen atoms in total. The normalized spacial score (nSPS) is 17.9. The summed E-state index contributed by atoms with van der Waals surface area (Å²) in [7, 11) is 0. The Morgan fingerprint density at radius 3 is 2.62 bits per heavy atom. The summed E-state index contributed by atoms with van der Waals surface area (Å²) in [5.74, 6) is 0.527. The van der Waals surface area contributed by atoms with Gasteiger partial charge < -0.3 is 5.32 Å². The molecule has 116 valence electrons. The van der Waals surface area contributed by atoms with Gasteiger partial charge in [-0.15, -0.1) is 0 Å². The van der Waals surface area contributed by atoms with Crippen molar-refractivity contribution in [1.29, 1.82) is 0 Å². The molecule has 1 aromatic rings. The number of halogens is 1. The number of nitrogens with one attached hydrogen (secondary N) is 1. The van der Waals surface area contributed by atoms with Crippen molar-refractivity contribution in [2.75, 3.05) is 26.2 Å². The Hall–Kier alpha value is -1.17. The van der Waals surface area contributed by atoms with E-state index in [0.29, 0.717) is 5.92 Å². The summed E-state index contributed by atoms with van der Waals surface area (Å²) in [6.07, 6.45) is 0.985. The van der Waals surface area contributed by atoms with Gasteiger partial charge in [-0.1, -0.05) is 31.5 Å². The molecule has 6 heteroatoms. The molecular weight excluding hydrogens is 290 g/mol. The van der Waals surface area contributed by atoms with E-state index in [0.717, 1.165) is 38.2 Å². The molecule has 0 aromatic heterocycles. The van der Waals surface area contributed by atoms with Crippen molar-refractivity contribution in [2.45, 2.75) is 26.3 Å². The summed E-state index contributed by atoms with van der Waals surface area (Å²) in [4.78, 5) is 13.1. The molecule has 1 aromatic carbocycles. The lowest BCUT2D eigenvalue weighted by molar-refractivity contribution is -0.384. The monoisotopic (exact) mass is 311 g/mol. The van der Waals surface area contributed by atoms with E-state index >= 15 is 0 Å². The van der Waals surface area contributed by atoms with Crippen LogP contribution in [0.5, 0.6) is 0 Å². The van der Waals surface area contributed by atoms with Gasteiger partial charge in [-0.3, -0.25) is 15.0 Å². The van der Waals surface area contributed by atoms with E-state index in [9.17, 15) is 10.1 Å². The molecule has 0 amide bonds. The molecule has 0 saturated carbocycles. The first-order valence-electron chi connectivity index (χ1n) is 7.37. The van der Waals surface area contributed by atoms with Gasteiger partial charge in [-0.05, 0) is 24.0 Å². The number of nitro groups is 1. The zero-order chi connectivity index (χ0) is 15.4. The lowest BCUT2D eigenvalue weighted by Crippen LogP contribution is -2.45.